The number of thiazole rings is 1. The van der Waals surface area contributed by atoms with Gasteiger partial charge in [-0.15, -0.1) is 11.3 Å². The fraction of sp³-hybridized carbons (Fsp3) is 0.812. The topological polar surface area (TPSA) is 28.2 Å². The predicted molar refractivity (Wildman–Crippen MR) is 88.8 cm³/mol. The van der Waals surface area contributed by atoms with Crippen LogP contribution < -0.4 is 10.2 Å². The SMILES string of the molecule is CNCc1sc(N2CCCC(C)CC2)nc1C(C)(C)C. The third kappa shape index (κ3) is 3.73. The van der Waals surface area contributed by atoms with Gasteiger partial charge in [-0.2, -0.15) is 0 Å². The van der Waals surface area contributed by atoms with Crippen LogP contribution in [0.1, 0.15) is 57.5 Å². The Morgan fingerprint density at radius 1 is 1.30 bits per heavy atom. The first-order valence-corrected chi connectivity index (χ1v) is 8.63. The standard InChI is InChI=1S/C16H29N3S/c1-12-7-6-9-19(10-8-12)15-18-14(16(2,3)4)13(20-15)11-17-5/h12,17H,6-11H2,1-5H3. The molecular formula is C16H29N3S. The van der Waals surface area contributed by atoms with E-state index in [4.69, 9.17) is 4.98 Å². The summed E-state index contributed by atoms with van der Waals surface area (Å²) in [6.45, 7) is 12.4. The quantitative estimate of drug-likeness (QED) is 0.919. The molecule has 0 saturated carbocycles. The van der Waals surface area contributed by atoms with Gasteiger partial charge in [0.25, 0.3) is 0 Å². The van der Waals surface area contributed by atoms with E-state index in [2.05, 4.69) is 37.9 Å². The highest BCUT2D eigenvalue weighted by molar-refractivity contribution is 7.15. The first kappa shape index (κ1) is 15.8. The molecule has 0 spiro atoms. The highest BCUT2D eigenvalue weighted by Gasteiger charge is 2.25. The smallest absolute Gasteiger partial charge is 0.185 e. The molecule has 1 fully saturated rings. The molecule has 1 aliphatic rings. The minimum Gasteiger partial charge on any atom is -0.348 e. The Bertz CT molecular complexity index is 433. The van der Waals surface area contributed by atoms with E-state index in [0.29, 0.717) is 0 Å². The van der Waals surface area contributed by atoms with Gasteiger partial charge in [0.2, 0.25) is 0 Å². The molecule has 1 aromatic heterocycles. The van der Waals surface area contributed by atoms with E-state index in [9.17, 15) is 0 Å². The number of aromatic nitrogens is 1. The van der Waals surface area contributed by atoms with Crippen molar-refractivity contribution in [3.63, 3.8) is 0 Å². The van der Waals surface area contributed by atoms with E-state index >= 15 is 0 Å². The molecule has 1 saturated heterocycles. The van der Waals surface area contributed by atoms with Gasteiger partial charge in [0, 0.05) is 29.9 Å². The molecule has 2 rings (SSSR count). The summed E-state index contributed by atoms with van der Waals surface area (Å²) < 4.78 is 0. The van der Waals surface area contributed by atoms with Crippen LogP contribution in [0.3, 0.4) is 0 Å². The zero-order chi connectivity index (χ0) is 14.8. The minimum atomic E-state index is 0.125. The summed E-state index contributed by atoms with van der Waals surface area (Å²) in [6, 6.07) is 0. The molecule has 1 aliphatic heterocycles. The Labute approximate surface area is 127 Å². The molecule has 0 radical (unpaired) electrons. The normalized spacial score (nSPS) is 21.1. The van der Waals surface area contributed by atoms with Gasteiger partial charge in [0.05, 0.1) is 5.69 Å². The zero-order valence-corrected chi connectivity index (χ0v) is 14.4. The van der Waals surface area contributed by atoms with Crippen molar-refractivity contribution in [2.45, 2.75) is 58.9 Å². The van der Waals surface area contributed by atoms with E-state index < -0.39 is 0 Å². The molecule has 3 nitrogen and oxygen atoms in total. The fourth-order valence-electron chi connectivity index (χ4n) is 2.80. The minimum absolute atomic E-state index is 0.125. The summed E-state index contributed by atoms with van der Waals surface area (Å²) in [5, 5.41) is 4.51. The molecular weight excluding hydrogens is 266 g/mol. The molecule has 2 heterocycles. The molecule has 0 aromatic carbocycles. The van der Waals surface area contributed by atoms with Gasteiger partial charge < -0.3 is 10.2 Å². The first-order chi connectivity index (χ1) is 9.41. The Balaban J connectivity index is 2.23. The van der Waals surface area contributed by atoms with Crippen LogP contribution in [0.4, 0.5) is 5.13 Å². The van der Waals surface area contributed by atoms with Crippen molar-refractivity contribution in [1.29, 1.82) is 0 Å². The van der Waals surface area contributed by atoms with Crippen LogP contribution in [0.5, 0.6) is 0 Å². The molecule has 4 heteroatoms. The molecule has 1 unspecified atom stereocenters. The predicted octanol–water partition coefficient (Wildman–Crippen LogP) is 3.79. The molecule has 1 N–H and O–H groups in total. The molecule has 1 aromatic rings. The second kappa shape index (κ2) is 6.44. The monoisotopic (exact) mass is 295 g/mol. The van der Waals surface area contributed by atoms with E-state index in [0.717, 1.165) is 19.0 Å². The Morgan fingerprint density at radius 3 is 2.70 bits per heavy atom. The van der Waals surface area contributed by atoms with Crippen LogP contribution in [0, 0.1) is 5.92 Å². The molecule has 1 atom stereocenters. The number of anilines is 1. The lowest BCUT2D eigenvalue weighted by Crippen LogP contribution is -2.24. The van der Waals surface area contributed by atoms with E-state index in [1.54, 1.807) is 0 Å². The second-order valence-electron chi connectivity index (χ2n) is 7.07. The third-order valence-corrected chi connectivity index (χ3v) is 5.14. The molecule has 0 amide bonds. The molecule has 0 aliphatic carbocycles. The zero-order valence-electron chi connectivity index (χ0n) is 13.6. The summed E-state index contributed by atoms with van der Waals surface area (Å²) in [6.07, 6.45) is 3.95. The number of nitrogens with zero attached hydrogens (tertiary/aromatic N) is 2. The lowest BCUT2D eigenvalue weighted by atomic mass is 9.91. The van der Waals surface area contributed by atoms with Crippen molar-refractivity contribution in [2.24, 2.45) is 5.92 Å². The van der Waals surface area contributed by atoms with Crippen LogP contribution >= 0.6 is 11.3 Å². The van der Waals surface area contributed by atoms with Crippen molar-refractivity contribution in [3.05, 3.63) is 10.6 Å². The van der Waals surface area contributed by atoms with E-state index in [-0.39, 0.29) is 5.41 Å². The molecule has 20 heavy (non-hydrogen) atoms. The Morgan fingerprint density at radius 2 is 2.05 bits per heavy atom. The third-order valence-electron chi connectivity index (χ3n) is 4.02. The van der Waals surface area contributed by atoms with Gasteiger partial charge in [-0.1, -0.05) is 27.7 Å². The highest BCUT2D eigenvalue weighted by atomic mass is 32.1. The van der Waals surface area contributed by atoms with Crippen LogP contribution in [-0.4, -0.2) is 25.1 Å². The van der Waals surface area contributed by atoms with Gasteiger partial charge in [-0.05, 0) is 32.2 Å². The van der Waals surface area contributed by atoms with Crippen LogP contribution in [0.25, 0.3) is 0 Å². The van der Waals surface area contributed by atoms with Crippen LogP contribution in [-0.2, 0) is 12.0 Å². The summed E-state index contributed by atoms with van der Waals surface area (Å²) in [5.74, 6) is 0.860. The van der Waals surface area contributed by atoms with Crippen molar-refractivity contribution in [3.8, 4) is 0 Å². The maximum atomic E-state index is 4.99. The number of rotatable bonds is 3. The van der Waals surface area contributed by atoms with Gasteiger partial charge in [0.15, 0.2) is 5.13 Å². The van der Waals surface area contributed by atoms with Gasteiger partial charge >= 0.3 is 0 Å². The lowest BCUT2D eigenvalue weighted by Gasteiger charge is -2.20. The average Bonchev–Trinajstić information content (AvgIpc) is 2.66. The van der Waals surface area contributed by atoms with Crippen molar-refractivity contribution in [2.75, 3.05) is 25.0 Å². The molecule has 0 bridgehead atoms. The summed E-state index contributed by atoms with van der Waals surface area (Å²) >= 11 is 1.88. The largest absolute Gasteiger partial charge is 0.348 e. The van der Waals surface area contributed by atoms with Crippen molar-refractivity contribution >= 4 is 16.5 Å². The first-order valence-electron chi connectivity index (χ1n) is 7.81. The van der Waals surface area contributed by atoms with E-state index in [1.165, 1.54) is 41.5 Å². The molecule has 114 valence electrons. The summed E-state index contributed by atoms with van der Waals surface area (Å²) in [4.78, 5) is 8.89. The van der Waals surface area contributed by atoms with Gasteiger partial charge in [-0.3, -0.25) is 0 Å². The average molecular weight is 295 g/mol. The number of nitrogens with one attached hydrogen (secondary N) is 1. The van der Waals surface area contributed by atoms with E-state index in [1.807, 2.05) is 18.4 Å². The van der Waals surface area contributed by atoms with Crippen LogP contribution in [0.2, 0.25) is 0 Å². The van der Waals surface area contributed by atoms with Crippen molar-refractivity contribution in [1.82, 2.24) is 10.3 Å². The fourth-order valence-corrected chi connectivity index (χ4v) is 4.13. The maximum Gasteiger partial charge on any atom is 0.185 e. The second-order valence-corrected chi connectivity index (χ2v) is 8.13. The summed E-state index contributed by atoms with van der Waals surface area (Å²) in [7, 11) is 2.01. The van der Waals surface area contributed by atoms with Crippen LogP contribution in [0.15, 0.2) is 0 Å². The van der Waals surface area contributed by atoms with Crippen molar-refractivity contribution < 1.29 is 0 Å². The summed E-state index contributed by atoms with van der Waals surface area (Å²) in [5.41, 5.74) is 1.39. The Kier molecular flexibility index (Phi) is 5.08. The number of hydrogen-bond acceptors (Lipinski definition) is 4. The Hall–Kier alpha value is -0.610. The van der Waals surface area contributed by atoms with Gasteiger partial charge in [-0.25, -0.2) is 4.98 Å². The maximum absolute atomic E-state index is 4.99. The van der Waals surface area contributed by atoms with Gasteiger partial charge in [0.1, 0.15) is 0 Å². The lowest BCUT2D eigenvalue weighted by molar-refractivity contribution is 0.521. The number of hydrogen-bond donors (Lipinski definition) is 1. The highest BCUT2D eigenvalue weighted by Crippen LogP contribution is 2.35.